The summed E-state index contributed by atoms with van der Waals surface area (Å²) < 4.78 is 37.4. The van der Waals surface area contributed by atoms with Crippen LogP contribution in [0.4, 0.5) is 8.78 Å². The van der Waals surface area contributed by atoms with Gasteiger partial charge in [-0.15, -0.1) is 0 Å². The fourth-order valence-corrected chi connectivity index (χ4v) is 1.40. The van der Waals surface area contributed by atoms with Crippen molar-refractivity contribution in [3.05, 3.63) is 0 Å². The second-order valence-electron chi connectivity index (χ2n) is 7.62. The summed E-state index contributed by atoms with van der Waals surface area (Å²) in [7, 11) is 0. The number of hydrogen-bond donors (Lipinski definition) is 2. The van der Waals surface area contributed by atoms with Crippen LogP contribution < -0.4 is 10.6 Å². The molecule has 23 heavy (non-hydrogen) atoms. The Morgan fingerprint density at radius 2 is 1.70 bits per heavy atom. The minimum absolute atomic E-state index is 0.0130. The van der Waals surface area contributed by atoms with Gasteiger partial charge in [-0.25, -0.2) is 8.78 Å². The van der Waals surface area contributed by atoms with Gasteiger partial charge < -0.3 is 20.1 Å². The Balaban J connectivity index is 3.67. The lowest BCUT2D eigenvalue weighted by molar-refractivity contribution is -0.130. The Morgan fingerprint density at radius 3 is 2.22 bits per heavy atom. The molecule has 0 aromatic heterocycles. The molecule has 0 saturated carbocycles. The molecule has 0 unspecified atom stereocenters. The highest BCUT2D eigenvalue weighted by Crippen LogP contribution is 2.14. The van der Waals surface area contributed by atoms with Crippen molar-refractivity contribution in [1.82, 2.24) is 10.6 Å². The molecule has 0 aliphatic carbocycles. The van der Waals surface area contributed by atoms with Gasteiger partial charge in [-0.1, -0.05) is 0 Å². The molecule has 2 N–H and O–H groups in total. The Kier molecular flexibility index (Phi) is 9.17. The van der Waals surface area contributed by atoms with Crippen LogP contribution in [0.2, 0.25) is 0 Å². The predicted octanol–water partition coefficient (Wildman–Crippen LogP) is 2.35. The number of halogens is 2. The van der Waals surface area contributed by atoms with E-state index < -0.39 is 19.1 Å². The molecule has 0 aliphatic heterocycles. The van der Waals surface area contributed by atoms with E-state index in [1.807, 2.05) is 41.5 Å². The van der Waals surface area contributed by atoms with Crippen molar-refractivity contribution in [3.63, 3.8) is 0 Å². The molecule has 0 saturated heterocycles. The minimum Gasteiger partial charge on any atom is -0.375 e. The average molecular weight is 338 g/mol. The molecule has 0 aromatic carbocycles. The lowest BCUT2D eigenvalue weighted by Gasteiger charge is -2.25. The first-order valence-electron chi connectivity index (χ1n) is 7.92. The number of ether oxygens (including phenoxy) is 2. The maximum absolute atomic E-state index is 13.5. The predicted molar refractivity (Wildman–Crippen MR) is 86.9 cm³/mol. The molecule has 0 heterocycles. The van der Waals surface area contributed by atoms with E-state index in [0.717, 1.165) is 0 Å². The molecule has 0 spiro atoms. The van der Waals surface area contributed by atoms with Gasteiger partial charge in [0.2, 0.25) is 5.91 Å². The molecule has 7 heteroatoms. The van der Waals surface area contributed by atoms with E-state index >= 15 is 0 Å². The van der Waals surface area contributed by atoms with E-state index in [-0.39, 0.29) is 30.3 Å². The quantitative estimate of drug-likeness (QED) is 0.600. The number of nitrogens with one attached hydrogen (secondary N) is 2. The zero-order chi connectivity index (χ0) is 18.1. The molecule has 1 amide bonds. The van der Waals surface area contributed by atoms with Gasteiger partial charge >= 0.3 is 0 Å². The number of carbonyl (C=O) groups excluding carboxylic acids is 1. The van der Waals surface area contributed by atoms with Gasteiger partial charge in [0, 0.05) is 18.7 Å². The lowest BCUT2D eigenvalue weighted by Crippen LogP contribution is -2.45. The maximum atomic E-state index is 13.5. The van der Waals surface area contributed by atoms with Crippen molar-refractivity contribution in [2.75, 3.05) is 32.9 Å². The van der Waals surface area contributed by atoms with Gasteiger partial charge in [0.15, 0.2) is 0 Å². The van der Waals surface area contributed by atoms with Gasteiger partial charge in [-0.2, -0.15) is 0 Å². The van der Waals surface area contributed by atoms with Crippen LogP contribution in [0, 0.1) is 0 Å². The summed E-state index contributed by atoms with van der Waals surface area (Å²) in [5.41, 5.74) is -0.726. The summed E-state index contributed by atoms with van der Waals surface area (Å²) in [5, 5.41) is 5.41. The van der Waals surface area contributed by atoms with Crippen molar-refractivity contribution in [1.29, 1.82) is 0 Å². The van der Waals surface area contributed by atoms with Crippen molar-refractivity contribution < 1.29 is 23.0 Å². The average Bonchev–Trinajstić information content (AvgIpc) is 2.37. The maximum Gasteiger partial charge on any atom is 0.283 e. The monoisotopic (exact) mass is 338 g/mol. The van der Waals surface area contributed by atoms with Crippen LogP contribution in [0.1, 0.15) is 48.0 Å². The molecule has 0 aromatic rings. The molecule has 5 nitrogen and oxygen atoms in total. The summed E-state index contributed by atoms with van der Waals surface area (Å²) >= 11 is 0. The Hall–Kier alpha value is -0.790. The minimum atomic E-state index is -2.91. The van der Waals surface area contributed by atoms with Crippen LogP contribution in [-0.4, -0.2) is 55.9 Å². The van der Waals surface area contributed by atoms with Gasteiger partial charge in [-0.3, -0.25) is 4.79 Å². The van der Waals surface area contributed by atoms with E-state index in [1.165, 1.54) is 0 Å². The number of amides is 1. The third-order valence-corrected chi connectivity index (χ3v) is 2.61. The summed E-state index contributed by atoms with van der Waals surface area (Å²) in [6, 6.07) is 0. The number of alkyl halides is 2. The lowest BCUT2D eigenvalue weighted by atomic mass is 10.1. The van der Waals surface area contributed by atoms with Gasteiger partial charge in [0.05, 0.1) is 12.1 Å². The van der Waals surface area contributed by atoms with Crippen LogP contribution in [-0.2, 0) is 14.3 Å². The van der Waals surface area contributed by atoms with Crippen LogP contribution >= 0.6 is 0 Å². The normalized spacial score (nSPS) is 13.2. The first-order valence-corrected chi connectivity index (χ1v) is 7.92. The second kappa shape index (κ2) is 9.49. The van der Waals surface area contributed by atoms with Gasteiger partial charge in [0.25, 0.3) is 5.92 Å². The van der Waals surface area contributed by atoms with Gasteiger partial charge in [0.1, 0.15) is 13.2 Å². The summed E-state index contributed by atoms with van der Waals surface area (Å²) in [6.07, 6.45) is 0.476. The fourth-order valence-electron chi connectivity index (χ4n) is 1.40. The third kappa shape index (κ3) is 15.9. The van der Waals surface area contributed by atoms with E-state index in [2.05, 4.69) is 10.6 Å². The number of carbonyl (C=O) groups is 1. The topological polar surface area (TPSA) is 59.6 Å². The highest BCUT2D eigenvalue weighted by molar-refractivity contribution is 5.77. The molecule has 0 rings (SSSR count). The Morgan fingerprint density at radius 1 is 1.09 bits per heavy atom. The largest absolute Gasteiger partial charge is 0.375 e. The Bertz CT molecular complexity index is 350. The number of hydrogen-bond acceptors (Lipinski definition) is 4. The van der Waals surface area contributed by atoms with Crippen LogP contribution in [0.3, 0.4) is 0 Å². The van der Waals surface area contributed by atoms with E-state index in [0.29, 0.717) is 13.0 Å². The van der Waals surface area contributed by atoms with Crippen molar-refractivity contribution in [2.45, 2.75) is 65.0 Å². The van der Waals surface area contributed by atoms with E-state index in [4.69, 9.17) is 9.47 Å². The highest BCUT2D eigenvalue weighted by Gasteiger charge is 2.30. The van der Waals surface area contributed by atoms with Crippen LogP contribution in [0.5, 0.6) is 0 Å². The van der Waals surface area contributed by atoms with Crippen LogP contribution in [0.15, 0.2) is 0 Å². The molecule has 0 radical (unpaired) electrons. The van der Waals surface area contributed by atoms with Crippen molar-refractivity contribution in [3.8, 4) is 0 Å². The molecule has 138 valence electrons. The van der Waals surface area contributed by atoms with Crippen molar-refractivity contribution in [2.24, 2.45) is 0 Å². The molecular weight excluding hydrogens is 306 g/mol. The fraction of sp³-hybridized carbons (Fsp3) is 0.938. The second-order valence-corrected chi connectivity index (χ2v) is 7.62. The summed E-state index contributed by atoms with van der Waals surface area (Å²) in [4.78, 5) is 11.5. The molecule has 0 aliphatic rings. The molecule has 0 atom stereocenters. The number of rotatable bonds is 10. The Labute approximate surface area is 138 Å². The third-order valence-electron chi connectivity index (χ3n) is 2.61. The van der Waals surface area contributed by atoms with Crippen LogP contribution in [0.25, 0.3) is 0 Å². The SMILES string of the molecule is CC(C)(C)NCC(F)(F)COCCCNC(=O)COC(C)(C)C. The van der Waals surface area contributed by atoms with E-state index in [9.17, 15) is 13.6 Å². The van der Waals surface area contributed by atoms with Crippen molar-refractivity contribution >= 4 is 5.91 Å². The zero-order valence-electron chi connectivity index (χ0n) is 15.2. The van der Waals surface area contributed by atoms with Gasteiger partial charge in [-0.05, 0) is 48.0 Å². The zero-order valence-corrected chi connectivity index (χ0v) is 15.2. The smallest absolute Gasteiger partial charge is 0.283 e. The molecular formula is C16H32F2N2O3. The summed E-state index contributed by atoms with van der Waals surface area (Å²) in [5.74, 6) is -3.13. The first-order chi connectivity index (χ1) is 10.3. The summed E-state index contributed by atoms with van der Waals surface area (Å²) in [6.45, 7) is 10.6. The molecule has 0 fully saturated rings. The highest BCUT2D eigenvalue weighted by atomic mass is 19.3. The first kappa shape index (κ1) is 22.2. The molecule has 0 bridgehead atoms. The van der Waals surface area contributed by atoms with E-state index in [1.54, 1.807) is 0 Å². The standard InChI is InChI=1S/C16H32F2N2O3/c1-14(2,3)20-11-16(17,18)12-22-9-7-8-19-13(21)10-23-15(4,5)6/h20H,7-12H2,1-6H3,(H,19,21).